The number of nitrogens with zero attached hydrogens (tertiary/aromatic N) is 2. The Morgan fingerprint density at radius 2 is 1.82 bits per heavy atom. The van der Waals surface area contributed by atoms with E-state index in [1.807, 2.05) is 73.3 Å². The summed E-state index contributed by atoms with van der Waals surface area (Å²) in [5, 5.41) is 19.1. The fraction of sp³-hybridized carbons (Fsp3) is 0.312. The van der Waals surface area contributed by atoms with Gasteiger partial charge in [0.15, 0.2) is 0 Å². The Labute approximate surface area is 234 Å². The van der Waals surface area contributed by atoms with Crippen molar-refractivity contribution in [1.82, 2.24) is 15.1 Å². The van der Waals surface area contributed by atoms with Crippen LogP contribution in [-0.4, -0.2) is 32.7 Å². The lowest BCUT2D eigenvalue weighted by Gasteiger charge is -2.27. The predicted octanol–water partition coefficient (Wildman–Crippen LogP) is 7.76. The molecule has 39 heavy (non-hydrogen) atoms. The zero-order chi connectivity index (χ0) is 27.5. The van der Waals surface area contributed by atoms with E-state index in [0.717, 1.165) is 46.4 Å². The highest BCUT2D eigenvalue weighted by molar-refractivity contribution is 6.31. The molecule has 0 bridgehead atoms. The van der Waals surface area contributed by atoms with Crippen molar-refractivity contribution in [1.29, 1.82) is 0 Å². The first-order valence-corrected chi connectivity index (χ1v) is 13.9. The van der Waals surface area contributed by atoms with Gasteiger partial charge >= 0.3 is 0 Å². The number of carbonyl (C=O) groups excluding carboxylic acids is 1. The lowest BCUT2D eigenvalue weighted by atomic mass is 9.93. The van der Waals surface area contributed by atoms with Crippen molar-refractivity contribution in [2.75, 3.05) is 6.61 Å². The van der Waals surface area contributed by atoms with E-state index in [-0.39, 0.29) is 11.7 Å². The molecular formula is C32H34ClN3O3. The number of aromatic nitrogens is 2. The molecule has 0 spiro atoms. The zero-order valence-corrected chi connectivity index (χ0v) is 23.4. The Hall–Kier alpha value is -3.77. The number of aryl methyl sites for hydroxylation is 2. The van der Waals surface area contributed by atoms with E-state index >= 15 is 0 Å². The largest absolute Gasteiger partial charge is 0.507 e. The predicted molar refractivity (Wildman–Crippen MR) is 154 cm³/mol. The summed E-state index contributed by atoms with van der Waals surface area (Å²) in [5.74, 6) is 0.787. The number of aromatic hydroxyl groups is 1. The monoisotopic (exact) mass is 543 g/mol. The quantitative estimate of drug-likeness (QED) is 0.200. The molecular weight excluding hydrogens is 510 g/mol. The number of nitrogens with one attached hydrogen (secondary N) is 1. The second-order valence-corrected chi connectivity index (χ2v) is 10.6. The molecule has 2 N–H and O–H groups in total. The molecule has 5 rings (SSSR count). The van der Waals surface area contributed by atoms with E-state index in [9.17, 15) is 9.90 Å². The molecule has 3 aromatic carbocycles. The number of benzene rings is 3. The topological polar surface area (TPSA) is 78.5 Å². The molecule has 1 atom stereocenters. The van der Waals surface area contributed by atoms with Crippen molar-refractivity contribution in [3.05, 3.63) is 99.2 Å². The van der Waals surface area contributed by atoms with Crippen LogP contribution < -0.4 is 4.74 Å². The molecule has 1 amide bonds. The number of H-pyrrole nitrogens is 1. The first-order chi connectivity index (χ1) is 18.9. The maximum Gasteiger partial charge on any atom is 0.273 e. The van der Waals surface area contributed by atoms with Gasteiger partial charge in [0, 0.05) is 22.7 Å². The van der Waals surface area contributed by atoms with Gasteiger partial charge in [0.05, 0.1) is 12.6 Å². The summed E-state index contributed by atoms with van der Waals surface area (Å²) in [5.41, 5.74) is 6.03. The third-order valence-corrected chi connectivity index (χ3v) is 7.69. The number of aromatic amines is 1. The van der Waals surface area contributed by atoms with Crippen molar-refractivity contribution in [3.63, 3.8) is 0 Å². The Morgan fingerprint density at radius 1 is 1.05 bits per heavy atom. The summed E-state index contributed by atoms with van der Waals surface area (Å²) in [6.07, 6.45) is 4.59. The lowest BCUT2D eigenvalue weighted by Crippen LogP contribution is -2.29. The summed E-state index contributed by atoms with van der Waals surface area (Å²) >= 11 is 6.51. The summed E-state index contributed by atoms with van der Waals surface area (Å²) < 4.78 is 5.97. The SMILES string of the molecule is CCCCCCOc1ccc(C2c3c(-c4c(C)cc(C)cc4O)n[nH]c3C(=O)N2Cc2ccccc2Cl)cc1. The first-order valence-electron chi connectivity index (χ1n) is 13.5. The average molecular weight is 544 g/mol. The summed E-state index contributed by atoms with van der Waals surface area (Å²) in [6.45, 7) is 7.10. The summed E-state index contributed by atoms with van der Waals surface area (Å²) in [4.78, 5) is 15.6. The number of carbonyl (C=O) groups is 1. The number of hydrogen-bond donors (Lipinski definition) is 2. The van der Waals surface area contributed by atoms with Crippen LogP contribution >= 0.6 is 11.6 Å². The highest BCUT2D eigenvalue weighted by Gasteiger charge is 2.43. The maximum atomic E-state index is 13.8. The number of halogens is 1. The second kappa shape index (κ2) is 11.5. The zero-order valence-electron chi connectivity index (χ0n) is 22.6. The van der Waals surface area contributed by atoms with Crippen LogP contribution in [0.4, 0.5) is 0 Å². The molecule has 0 saturated carbocycles. The van der Waals surface area contributed by atoms with Crippen molar-refractivity contribution in [2.45, 2.75) is 59.0 Å². The molecule has 6 nitrogen and oxygen atoms in total. The highest BCUT2D eigenvalue weighted by atomic mass is 35.5. The minimum atomic E-state index is -0.420. The molecule has 0 fully saturated rings. The normalized spacial score (nSPS) is 14.6. The fourth-order valence-corrected chi connectivity index (χ4v) is 5.62. The Balaban J connectivity index is 1.54. The second-order valence-electron chi connectivity index (χ2n) is 10.2. The third-order valence-electron chi connectivity index (χ3n) is 7.32. The number of ether oxygens (including phenoxy) is 1. The molecule has 1 aliphatic rings. The van der Waals surface area contributed by atoms with Gasteiger partial charge in [-0.25, -0.2) is 0 Å². The number of rotatable bonds is 10. The molecule has 202 valence electrons. The molecule has 4 aromatic rings. The fourth-order valence-electron chi connectivity index (χ4n) is 5.43. The number of amides is 1. The van der Waals surface area contributed by atoms with Crippen molar-refractivity contribution < 1.29 is 14.6 Å². The number of phenols is 1. The van der Waals surface area contributed by atoms with Crippen LogP contribution in [-0.2, 0) is 6.54 Å². The lowest BCUT2D eigenvalue weighted by molar-refractivity contribution is 0.0730. The van der Waals surface area contributed by atoms with Crippen LogP contribution in [0.25, 0.3) is 11.3 Å². The minimum absolute atomic E-state index is 0.143. The van der Waals surface area contributed by atoms with Crippen LogP contribution in [0.15, 0.2) is 60.7 Å². The van der Waals surface area contributed by atoms with E-state index in [1.165, 1.54) is 12.8 Å². The standard InChI is InChI=1S/C32H34ClN3O3/c1-4-5-6-9-16-39-24-14-12-22(13-15-24)31-28-29(27-21(3)17-20(2)18-26(27)37)34-35-30(28)32(38)36(31)19-23-10-7-8-11-25(23)33/h7-8,10-15,17-18,31,37H,4-6,9,16,19H2,1-3H3,(H,34,35). The van der Waals surface area contributed by atoms with E-state index in [2.05, 4.69) is 17.1 Å². The number of fused-ring (bicyclic) bond motifs is 1. The van der Waals surface area contributed by atoms with Gasteiger partial charge in [0.25, 0.3) is 5.91 Å². The van der Waals surface area contributed by atoms with Gasteiger partial charge in [-0.15, -0.1) is 0 Å². The Kier molecular flexibility index (Phi) is 7.94. The van der Waals surface area contributed by atoms with Gasteiger partial charge in [-0.2, -0.15) is 5.10 Å². The maximum absolute atomic E-state index is 13.8. The van der Waals surface area contributed by atoms with Crippen LogP contribution in [0.2, 0.25) is 5.02 Å². The Bertz CT molecular complexity index is 1460. The average Bonchev–Trinajstić information content (AvgIpc) is 3.44. The van der Waals surface area contributed by atoms with Crippen LogP contribution in [0.5, 0.6) is 11.5 Å². The van der Waals surface area contributed by atoms with E-state index < -0.39 is 6.04 Å². The van der Waals surface area contributed by atoms with Crippen LogP contribution in [0, 0.1) is 13.8 Å². The van der Waals surface area contributed by atoms with Crippen molar-refractivity contribution in [2.24, 2.45) is 0 Å². The van der Waals surface area contributed by atoms with Gasteiger partial charge in [0.1, 0.15) is 22.9 Å². The van der Waals surface area contributed by atoms with Crippen LogP contribution in [0.3, 0.4) is 0 Å². The number of hydrogen-bond acceptors (Lipinski definition) is 4. The summed E-state index contributed by atoms with van der Waals surface area (Å²) in [7, 11) is 0. The molecule has 1 aromatic heterocycles. The summed E-state index contributed by atoms with van der Waals surface area (Å²) in [6, 6.07) is 18.8. The first kappa shape index (κ1) is 26.8. The van der Waals surface area contributed by atoms with Crippen molar-refractivity contribution in [3.8, 4) is 22.8 Å². The van der Waals surface area contributed by atoms with E-state index in [1.54, 1.807) is 6.07 Å². The highest BCUT2D eigenvalue weighted by Crippen LogP contribution is 2.46. The van der Waals surface area contributed by atoms with Gasteiger partial charge in [-0.1, -0.05) is 74.2 Å². The third kappa shape index (κ3) is 5.39. The van der Waals surface area contributed by atoms with Gasteiger partial charge in [0.2, 0.25) is 0 Å². The van der Waals surface area contributed by atoms with Gasteiger partial charge < -0.3 is 14.7 Å². The number of phenolic OH excluding ortho intramolecular Hbond substituents is 1. The van der Waals surface area contributed by atoms with Crippen molar-refractivity contribution >= 4 is 17.5 Å². The minimum Gasteiger partial charge on any atom is -0.507 e. The molecule has 0 radical (unpaired) electrons. The molecule has 7 heteroatoms. The molecule has 1 unspecified atom stereocenters. The van der Waals surface area contributed by atoms with Crippen LogP contribution in [0.1, 0.15) is 77.0 Å². The Morgan fingerprint density at radius 3 is 2.54 bits per heavy atom. The van der Waals surface area contributed by atoms with E-state index in [0.29, 0.717) is 35.1 Å². The van der Waals surface area contributed by atoms with Gasteiger partial charge in [-0.3, -0.25) is 9.89 Å². The van der Waals surface area contributed by atoms with E-state index in [4.69, 9.17) is 16.3 Å². The number of unbranched alkanes of at least 4 members (excludes halogenated alkanes) is 3. The smallest absolute Gasteiger partial charge is 0.273 e. The molecule has 2 heterocycles. The molecule has 1 aliphatic heterocycles. The van der Waals surface area contributed by atoms with Gasteiger partial charge in [-0.05, 0) is 66.8 Å². The molecule has 0 saturated heterocycles. The molecule has 0 aliphatic carbocycles.